The van der Waals surface area contributed by atoms with Gasteiger partial charge in [0.1, 0.15) is 5.75 Å². The average Bonchev–Trinajstić information content (AvgIpc) is 2.57. The maximum absolute atomic E-state index is 12.1. The number of benzene rings is 2. The van der Waals surface area contributed by atoms with E-state index in [1.807, 2.05) is 31.2 Å². The quantitative estimate of drug-likeness (QED) is 0.813. The lowest BCUT2D eigenvalue weighted by Crippen LogP contribution is -2.13. The number of carboxylic acid groups (broad SMARTS) is 1. The highest BCUT2D eigenvalue weighted by Crippen LogP contribution is 2.18. The third-order valence-corrected chi connectivity index (χ3v) is 3.79. The second kappa shape index (κ2) is 8.15. The predicted octanol–water partition coefficient (Wildman–Crippen LogP) is 3.66. The van der Waals surface area contributed by atoms with Crippen molar-refractivity contribution in [2.24, 2.45) is 0 Å². The molecule has 24 heavy (non-hydrogen) atoms. The molecule has 0 heterocycles. The summed E-state index contributed by atoms with van der Waals surface area (Å²) in [4.78, 5) is 23.1. The van der Waals surface area contributed by atoms with Gasteiger partial charge in [-0.3, -0.25) is 4.79 Å². The maximum atomic E-state index is 12.1. The van der Waals surface area contributed by atoms with E-state index in [9.17, 15) is 9.59 Å². The van der Waals surface area contributed by atoms with E-state index in [0.717, 1.165) is 29.7 Å². The molecule has 0 aliphatic rings. The van der Waals surface area contributed by atoms with Crippen LogP contribution in [0.4, 0.5) is 5.69 Å². The Morgan fingerprint density at radius 1 is 1.12 bits per heavy atom. The molecule has 0 saturated heterocycles. The van der Waals surface area contributed by atoms with Gasteiger partial charge in [-0.1, -0.05) is 18.2 Å². The van der Waals surface area contributed by atoms with Crippen LogP contribution in [0.5, 0.6) is 5.75 Å². The summed E-state index contributed by atoms with van der Waals surface area (Å²) in [5, 5.41) is 11.8. The fourth-order valence-corrected chi connectivity index (χ4v) is 2.35. The highest BCUT2D eigenvalue weighted by Gasteiger charge is 2.09. The largest absolute Gasteiger partial charge is 0.497 e. The molecule has 0 saturated carbocycles. The SMILES string of the molecule is COc1ccc(CCCC(=O)Nc2cc(C(=O)O)ccc2C)cc1. The number of hydrogen-bond acceptors (Lipinski definition) is 3. The lowest BCUT2D eigenvalue weighted by Gasteiger charge is -2.09. The smallest absolute Gasteiger partial charge is 0.335 e. The molecule has 0 aliphatic heterocycles. The van der Waals surface area contributed by atoms with Gasteiger partial charge < -0.3 is 15.2 Å². The molecule has 2 rings (SSSR count). The molecule has 2 N–H and O–H groups in total. The van der Waals surface area contributed by atoms with Crippen LogP contribution in [0.2, 0.25) is 0 Å². The van der Waals surface area contributed by atoms with Crippen LogP contribution in [-0.4, -0.2) is 24.1 Å². The molecule has 0 unspecified atom stereocenters. The first-order valence-electron chi connectivity index (χ1n) is 7.76. The summed E-state index contributed by atoms with van der Waals surface area (Å²) in [5.41, 5.74) is 2.69. The molecule has 0 radical (unpaired) electrons. The van der Waals surface area contributed by atoms with E-state index >= 15 is 0 Å². The minimum Gasteiger partial charge on any atom is -0.497 e. The van der Waals surface area contributed by atoms with Crippen molar-refractivity contribution in [2.75, 3.05) is 12.4 Å². The lowest BCUT2D eigenvalue weighted by molar-refractivity contribution is -0.116. The van der Waals surface area contributed by atoms with Gasteiger partial charge in [0.2, 0.25) is 5.91 Å². The van der Waals surface area contributed by atoms with E-state index in [-0.39, 0.29) is 11.5 Å². The Morgan fingerprint density at radius 2 is 1.83 bits per heavy atom. The Bertz CT molecular complexity index is 723. The molecule has 2 aromatic rings. The highest BCUT2D eigenvalue weighted by atomic mass is 16.5. The summed E-state index contributed by atoms with van der Waals surface area (Å²) >= 11 is 0. The minimum absolute atomic E-state index is 0.117. The zero-order valence-electron chi connectivity index (χ0n) is 13.8. The molecule has 2 aromatic carbocycles. The Balaban J connectivity index is 1.86. The third-order valence-electron chi connectivity index (χ3n) is 3.79. The number of carboxylic acids is 1. The number of carbonyl (C=O) groups excluding carboxylic acids is 1. The molecule has 0 aliphatic carbocycles. The number of nitrogens with one attached hydrogen (secondary N) is 1. The highest BCUT2D eigenvalue weighted by molar-refractivity contribution is 5.94. The van der Waals surface area contributed by atoms with E-state index in [1.165, 1.54) is 12.1 Å². The fourth-order valence-electron chi connectivity index (χ4n) is 2.35. The maximum Gasteiger partial charge on any atom is 0.335 e. The number of amides is 1. The zero-order valence-corrected chi connectivity index (χ0v) is 13.8. The summed E-state index contributed by atoms with van der Waals surface area (Å²) in [7, 11) is 1.63. The van der Waals surface area contributed by atoms with E-state index in [2.05, 4.69) is 5.32 Å². The number of aryl methyl sites for hydroxylation is 2. The van der Waals surface area contributed by atoms with E-state index in [4.69, 9.17) is 9.84 Å². The van der Waals surface area contributed by atoms with Gasteiger partial charge >= 0.3 is 5.97 Å². The van der Waals surface area contributed by atoms with E-state index in [1.54, 1.807) is 13.2 Å². The molecule has 5 heteroatoms. The monoisotopic (exact) mass is 327 g/mol. The van der Waals surface area contributed by atoms with Gasteiger partial charge in [-0.15, -0.1) is 0 Å². The van der Waals surface area contributed by atoms with Crippen molar-refractivity contribution in [3.63, 3.8) is 0 Å². The van der Waals surface area contributed by atoms with Crippen LogP contribution < -0.4 is 10.1 Å². The van der Waals surface area contributed by atoms with Crippen LogP contribution in [0.3, 0.4) is 0 Å². The summed E-state index contributed by atoms with van der Waals surface area (Å²) in [6, 6.07) is 12.5. The molecule has 0 aromatic heterocycles. The minimum atomic E-state index is -1.01. The number of ether oxygens (including phenoxy) is 1. The normalized spacial score (nSPS) is 10.2. The second-order valence-corrected chi connectivity index (χ2v) is 5.58. The van der Waals surface area contributed by atoms with Crippen molar-refractivity contribution in [3.05, 3.63) is 59.2 Å². The third kappa shape index (κ3) is 4.84. The fraction of sp³-hybridized carbons (Fsp3) is 0.263. The van der Waals surface area contributed by atoms with Crippen LogP contribution in [-0.2, 0) is 11.2 Å². The molecule has 0 bridgehead atoms. The predicted molar refractivity (Wildman–Crippen MR) is 92.7 cm³/mol. The van der Waals surface area contributed by atoms with Crippen molar-refractivity contribution < 1.29 is 19.4 Å². The van der Waals surface area contributed by atoms with Gasteiger partial charge in [0.05, 0.1) is 12.7 Å². The molecule has 0 atom stereocenters. The van der Waals surface area contributed by atoms with E-state index < -0.39 is 5.97 Å². The number of carbonyl (C=O) groups is 2. The standard InChI is InChI=1S/C19H21NO4/c1-13-6-9-15(19(22)23)12-17(13)20-18(21)5-3-4-14-7-10-16(24-2)11-8-14/h6-12H,3-5H2,1-2H3,(H,20,21)(H,22,23). The second-order valence-electron chi connectivity index (χ2n) is 5.58. The van der Waals surface area contributed by atoms with Gasteiger partial charge in [-0.05, 0) is 55.2 Å². The first-order chi connectivity index (χ1) is 11.5. The van der Waals surface area contributed by atoms with Crippen LogP contribution in [0, 0.1) is 6.92 Å². The number of anilines is 1. The lowest BCUT2D eigenvalue weighted by atomic mass is 10.1. The van der Waals surface area contributed by atoms with Gasteiger partial charge in [0.15, 0.2) is 0 Å². The number of aromatic carboxylic acids is 1. The number of methoxy groups -OCH3 is 1. The zero-order chi connectivity index (χ0) is 17.5. The van der Waals surface area contributed by atoms with Crippen LogP contribution in [0.15, 0.2) is 42.5 Å². The topological polar surface area (TPSA) is 75.6 Å². The summed E-state index contributed by atoms with van der Waals surface area (Å²) in [5.74, 6) is -0.315. The van der Waals surface area contributed by atoms with Crippen molar-refractivity contribution in [3.8, 4) is 5.75 Å². The van der Waals surface area contributed by atoms with E-state index in [0.29, 0.717) is 12.1 Å². The first kappa shape index (κ1) is 17.5. The van der Waals surface area contributed by atoms with Gasteiger partial charge in [-0.2, -0.15) is 0 Å². The van der Waals surface area contributed by atoms with Crippen LogP contribution in [0.1, 0.15) is 34.3 Å². The number of rotatable bonds is 7. The van der Waals surface area contributed by atoms with Gasteiger partial charge in [0.25, 0.3) is 0 Å². The Morgan fingerprint density at radius 3 is 2.46 bits per heavy atom. The van der Waals surface area contributed by atoms with Crippen molar-refractivity contribution in [1.82, 2.24) is 0 Å². The number of hydrogen-bond donors (Lipinski definition) is 2. The van der Waals surface area contributed by atoms with Crippen LogP contribution in [0.25, 0.3) is 0 Å². The Hall–Kier alpha value is -2.82. The molecule has 5 nitrogen and oxygen atoms in total. The van der Waals surface area contributed by atoms with Crippen molar-refractivity contribution in [2.45, 2.75) is 26.2 Å². The van der Waals surface area contributed by atoms with Gasteiger partial charge in [-0.25, -0.2) is 4.79 Å². The van der Waals surface area contributed by atoms with Crippen LogP contribution >= 0.6 is 0 Å². The summed E-state index contributed by atoms with van der Waals surface area (Å²) < 4.78 is 5.11. The molecule has 1 amide bonds. The average molecular weight is 327 g/mol. The molecule has 0 spiro atoms. The van der Waals surface area contributed by atoms with Crippen molar-refractivity contribution in [1.29, 1.82) is 0 Å². The molecule has 0 fully saturated rings. The molecule has 126 valence electrons. The van der Waals surface area contributed by atoms with Gasteiger partial charge in [0, 0.05) is 12.1 Å². The first-order valence-corrected chi connectivity index (χ1v) is 7.76. The molecular formula is C19H21NO4. The summed E-state index contributed by atoms with van der Waals surface area (Å²) in [6.07, 6.45) is 1.89. The Kier molecular flexibility index (Phi) is 5.95. The molecular weight excluding hydrogens is 306 g/mol. The summed E-state index contributed by atoms with van der Waals surface area (Å²) in [6.45, 7) is 1.83. The Labute approximate surface area is 141 Å². The van der Waals surface area contributed by atoms with Crippen molar-refractivity contribution >= 4 is 17.6 Å².